The lowest BCUT2D eigenvalue weighted by Crippen LogP contribution is -2.42. The van der Waals surface area contributed by atoms with Crippen LogP contribution < -0.4 is 59.1 Å². The van der Waals surface area contributed by atoms with Crippen LogP contribution in [0.1, 0.15) is 124 Å². The van der Waals surface area contributed by atoms with E-state index >= 15 is 0 Å². The molecule has 0 bridgehead atoms. The molecular formula is C100H105ClN8O16S2. The first-order valence-corrected chi connectivity index (χ1v) is 45.6. The van der Waals surface area contributed by atoms with Gasteiger partial charge in [-0.2, -0.15) is 0 Å². The molecule has 12 aromatic rings. The molecule has 18 rings (SSSR count). The Bertz CT molecular complexity index is 6400. The molecule has 0 saturated heterocycles. The molecule has 6 N–H and O–H groups in total. The number of amides is 4. The number of hydrogen-bond acceptors (Lipinski definition) is 17. The van der Waals surface area contributed by atoms with E-state index in [1.807, 2.05) is 227 Å². The number of pyridine rings is 1. The second kappa shape index (κ2) is 37.6. The predicted octanol–water partition coefficient (Wildman–Crippen LogP) is 19.2. The normalized spacial score (nSPS) is 15.3. The van der Waals surface area contributed by atoms with E-state index < -0.39 is 41.7 Å². The molecule has 2 aliphatic heterocycles. The maximum Gasteiger partial charge on any atom is 0.354 e. The van der Waals surface area contributed by atoms with Crippen LogP contribution in [0.15, 0.2) is 254 Å². The summed E-state index contributed by atoms with van der Waals surface area (Å²) >= 11 is 6.10. The van der Waals surface area contributed by atoms with Gasteiger partial charge in [0.05, 0.1) is 60.3 Å². The summed E-state index contributed by atoms with van der Waals surface area (Å²) in [7, 11) is 1.09. The number of carbonyl (C=O) groups is 5. The Kier molecular flexibility index (Phi) is 26.3. The molecule has 0 unspecified atom stereocenters. The summed E-state index contributed by atoms with van der Waals surface area (Å²) in [5.41, 5.74) is 15.5. The number of sulfonamides is 2. The van der Waals surface area contributed by atoms with Gasteiger partial charge in [-0.05, 0) is 255 Å². The van der Waals surface area contributed by atoms with Gasteiger partial charge in [-0.15, -0.1) is 0 Å². The number of anilines is 4. The smallest absolute Gasteiger partial charge is 0.354 e. The third-order valence-corrected chi connectivity index (χ3v) is 26.8. The number of methoxy groups -OCH3 is 3. The van der Waals surface area contributed by atoms with E-state index in [2.05, 4.69) is 35.7 Å². The standard InChI is InChI=1S/C27H29ClN2O3S.C25H24N2O5.C24H24N2O4S.C24H22N2O4.3H2/c1-34(32,33)29-19-20-8-10-21(11-9-20)22-6-5-7-25(18-22)30-26(31)27(16-3-2-4-17-27)23-12-14-24(28)15-13-23;1-15-4-6-17(13-18(15)19-7-8-20(27(19)2)23(28)30-3)26-24(29)25(10-11-25)16-5-9-21-22(12-16)32-14-31-21;1-25-31(28,29)20-12-10-17(11-13-20)18-6-5-7-19(16-18)26-23(27)24(14-15-24)21-8-3-4-9-22(21)30-2;1-15-3-5-18(11-20(15)16-9-19(28-2)13-25-12-16)26-23(27)24(7-8-24)17-4-6-21-22(10-17)30-14-29-21;;;/h5-15,18,29H,2-4,16-17,19H2,1H3,(H,30,31);4-9,12-13H,10-11,14H2,1-3H3,(H,26,29);3-13,16,25H,14-15H2,1-2H3,(H,26,27);3-6,9-13H,7-8,14H2,1-2H3,(H,26,27);3*1H. The SMILES string of the molecule is CNS(=O)(=O)c1ccc(-c2cccc(NC(=O)C3(c4ccccc4OC)CC3)c2)cc1.COC(=O)c1ccc(-c2cc(NC(=O)C3(c4ccc5c(c4)OCO5)CC3)ccc2C)n1C.COc1cncc(-c2cc(NC(=O)C3(c4ccc5c(c4)OCO5)CC3)ccc2C)c1.CS(=O)(=O)NCc1ccc(-c2cccc(NC(=O)C3(c4ccc(Cl)cc4)CCCCC3)c2)cc1.[HH].[HH].[HH]. The van der Waals surface area contributed by atoms with Crippen molar-refractivity contribution in [2.45, 2.75) is 118 Å². The van der Waals surface area contributed by atoms with Gasteiger partial charge in [0.25, 0.3) is 0 Å². The first-order chi connectivity index (χ1) is 61.2. The van der Waals surface area contributed by atoms with Crippen LogP contribution in [-0.4, -0.2) is 104 Å². The van der Waals surface area contributed by atoms with E-state index in [0.717, 1.165) is 183 Å². The quantitative estimate of drug-likeness (QED) is 0.0306. The molecule has 127 heavy (non-hydrogen) atoms. The number of halogens is 1. The number of ether oxygens (including phenoxy) is 7. The number of para-hydroxylation sites is 1. The summed E-state index contributed by atoms with van der Waals surface area (Å²) in [6.45, 7) is 4.72. The first kappa shape index (κ1) is 88.7. The molecule has 0 radical (unpaired) electrons. The second-order valence-electron chi connectivity index (χ2n) is 32.6. The Balaban J connectivity index is 0.000000156. The van der Waals surface area contributed by atoms with Crippen LogP contribution in [0.4, 0.5) is 22.7 Å². The summed E-state index contributed by atoms with van der Waals surface area (Å²) in [4.78, 5) is 69.7. The molecule has 4 aliphatic carbocycles. The number of esters is 1. The average Bonchev–Trinajstić information content (AvgIpc) is 1.59. The lowest BCUT2D eigenvalue weighted by Gasteiger charge is -2.36. The van der Waals surface area contributed by atoms with Gasteiger partial charge in [-0.3, -0.25) is 24.2 Å². The maximum atomic E-state index is 13.6. The topological polar surface area (TPSA) is 308 Å². The van der Waals surface area contributed by atoms with E-state index in [-0.39, 0.29) is 58.9 Å². The Labute approximate surface area is 748 Å². The van der Waals surface area contributed by atoms with Crippen molar-refractivity contribution in [1.82, 2.24) is 19.0 Å². The number of aromatic nitrogens is 2. The number of aryl methyl sites for hydroxylation is 2. The largest absolute Gasteiger partial charge is 0.496 e. The summed E-state index contributed by atoms with van der Waals surface area (Å²) < 4.78 is 90.4. The maximum absolute atomic E-state index is 13.6. The van der Waals surface area contributed by atoms with Crippen LogP contribution >= 0.6 is 11.6 Å². The lowest BCUT2D eigenvalue weighted by atomic mass is 9.68. The van der Waals surface area contributed by atoms with Crippen molar-refractivity contribution < 1.29 is 78.2 Å². The van der Waals surface area contributed by atoms with Crippen LogP contribution in [0.5, 0.6) is 34.5 Å². The van der Waals surface area contributed by atoms with Crippen LogP contribution in [0.2, 0.25) is 5.02 Å². The summed E-state index contributed by atoms with van der Waals surface area (Å²) in [5.74, 6) is 3.79. The number of nitrogens with zero attached hydrogens (tertiary/aromatic N) is 2. The fourth-order valence-electron chi connectivity index (χ4n) is 16.6. The molecule has 2 aromatic heterocycles. The van der Waals surface area contributed by atoms with E-state index in [1.54, 1.807) is 61.5 Å². The number of fused-ring (bicyclic) bond motifs is 2. The van der Waals surface area contributed by atoms with Gasteiger partial charge in [0, 0.05) is 74.2 Å². The molecule has 6 aliphatic rings. The minimum Gasteiger partial charge on any atom is -0.496 e. The van der Waals surface area contributed by atoms with E-state index in [1.165, 1.54) is 14.2 Å². The molecular weight excluding hydrogens is 1670 g/mol. The number of carbonyl (C=O) groups excluding carboxylic acids is 5. The summed E-state index contributed by atoms with van der Waals surface area (Å²) in [5, 5.41) is 13.1. The molecule has 0 atom stereocenters. The number of rotatable bonds is 24. The lowest BCUT2D eigenvalue weighted by molar-refractivity contribution is -0.123. The molecule has 10 aromatic carbocycles. The Morgan fingerprint density at radius 1 is 0.465 bits per heavy atom. The van der Waals surface area contributed by atoms with Crippen molar-refractivity contribution >= 4 is 84.0 Å². The average molecular weight is 1770 g/mol. The number of nitrogens with one attached hydrogen (secondary N) is 6. The zero-order valence-electron chi connectivity index (χ0n) is 71.7. The van der Waals surface area contributed by atoms with Crippen molar-refractivity contribution in [3.63, 3.8) is 0 Å². The number of benzene rings is 10. The summed E-state index contributed by atoms with van der Waals surface area (Å²) in [6, 6.07) is 73.8. The molecule has 4 saturated carbocycles. The van der Waals surface area contributed by atoms with Crippen molar-refractivity contribution in [3.05, 3.63) is 299 Å². The van der Waals surface area contributed by atoms with Gasteiger partial charge in [0.15, 0.2) is 23.0 Å². The highest BCUT2D eigenvalue weighted by Gasteiger charge is 2.54. The van der Waals surface area contributed by atoms with Crippen molar-refractivity contribution in [2.75, 3.05) is 69.5 Å². The Hall–Kier alpha value is -13.1. The molecule has 4 amide bonds. The van der Waals surface area contributed by atoms with E-state index in [9.17, 15) is 40.8 Å². The van der Waals surface area contributed by atoms with Gasteiger partial charge in [0.1, 0.15) is 17.2 Å². The molecule has 0 spiro atoms. The van der Waals surface area contributed by atoms with Gasteiger partial charge >= 0.3 is 5.97 Å². The molecule has 4 fully saturated rings. The highest BCUT2D eigenvalue weighted by Crippen LogP contribution is 2.55. The van der Waals surface area contributed by atoms with Gasteiger partial charge in [-0.25, -0.2) is 31.1 Å². The Morgan fingerprint density at radius 3 is 1.46 bits per heavy atom. The van der Waals surface area contributed by atoms with Gasteiger partial charge in [0.2, 0.25) is 57.3 Å². The number of hydrogen-bond donors (Lipinski definition) is 6. The van der Waals surface area contributed by atoms with Crippen molar-refractivity contribution in [3.8, 4) is 79.1 Å². The van der Waals surface area contributed by atoms with Gasteiger partial charge in [-0.1, -0.05) is 146 Å². The molecule has 4 heterocycles. The second-order valence-corrected chi connectivity index (χ2v) is 36.7. The first-order valence-electron chi connectivity index (χ1n) is 41.9. The van der Waals surface area contributed by atoms with Crippen LogP contribution in [-0.2, 0) is 79.2 Å². The molecule has 660 valence electrons. The fourth-order valence-corrected chi connectivity index (χ4v) is 17.9. The minimum absolute atomic E-state index is 0. The Morgan fingerprint density at radius 2 is 0.953 bits per heavy atom. The highest BCUT2D eigenvalue weighted by molar-refractivity contribution is 7.89. The van der Waals surface area contributed by atoms with Crippen LogP contribution in [0, 0.1) is 13.8 Å². The van der Waals surface area contributed by atoms with E-state index in [4.69, 9.17) is 44.8 Å². The predicted molar refractivity (Wildman–Crippen MR) is 498 cm³/mol. The highest BCUT2D eigenvalue weighted by atomic mass is 35.5. The zero-order chi connectivity index (χ0) is 89.4. The third kappa shape index (κ3) is 19.8. The molecule has 24 nitrogen and oxygen atoms in total. The monoisotopic (exact) mass is 1770 g/mol. The van der Waals surface area contributed by atoms with E-state index in [0.29, 0.717) is 45.1 Å². The zero-order valence-corrected chi connectivity index (χ0v) is 74.1. The summed E-state index contributed by atoms with van der Waals surface area (Å²) in [6.07, 6.45) is 14.2. The van der Waals surface area contributed by atoms with Crippen molar-refractivity contribution in [2.24, 2.45) is 7.05 Å². The third-order valence-electron chi connectivity index (χ3n) is 24.4. The van der Waals surface area contributed by atoms with Crippen molar-refractivity contribution in [1.29, 1.82) is 0 Å². The van der Waals surface area contributed by atoms with Crippen LogP contribution in [0.25, 0.3) is 44.6 Å². The van der Waals surface area contributed by atoms with Gasteiger partial charge < -0.3 is 59.0 Å². The molecule has 27 heteroatoms. The van der Waals surface area contributed by atoms with Crippen LogP contribution in [0.3, 0.4) is 0 Å². The minimum atomic E-state index is -3.48. The fraction of sp³-hybridized carbons (Fsp3) is 0.260.